The van der Waals surface area contributed by atoms with Crippen molar-refractivity contribution in [1.29, 1.82) is 0 Å². The van der Waals surface area contributed by atoms with Crippen molar-refractivity contribution >= 4 is 18.0 Å². The van der Waals surface area contributed by atoms with Crippen LogP contribution in [0.5, 0.6) is 0 Å². The minimum absolute atomic E-state index is 0.159. The lowest BCUT2D eigenvalue weighted by molar-refractivity contribution is -0.142. The lowest BCUT2D eigenvalue weighted by Crippen LogP contribution is -2.43. The van der Waals surface area contributed by atoms with E-state index in [1.165, 1.54) is 11.6 Å². The van der Waals surface area contributed by atoms with Crippen molar-refractivity contribution in [3.05, 3.63) is 41.5 Å². The summed E-state index contributed by atoms with van der Waals surface area (Å²) in [4.78, 5) is 22.7. The van der Waals surface area contributed by atoms with E-state index in [-0.39, 0.29) is 5.92 Å². The number of hydrogen-bond acceptors (Lipinski definition) is 2. The van der Waals surface area contributed by atoms with E-state index in [9.17, 15) is 9.59 Å². The van der Waals surface area contributed by atoms with Gasteiger partial charge in [-0.3, -0.25) is 4.79 Å². The molecule has 0 heterocycles. The summed E-state index contributed by atoms with van der Waals surface area (Å²) in [5.74, 6) is -1.58. The minimum atomic E-state index is -1.02. The highest BCUT2D eigenvalue weighted by molar-refractivity contribution is 5.94. The number of aryl methyl sites for hydroxylation is 1. The fourth-order valence-corrected chi connectivity index (χ4v) is 1.75. The van der Waals surface area contributed by atoms with E-state index in [0.717, 1.165) is 12.0 Å². The van der Waals surface area contributed by atoms with Gasteiger partial charge in [-0.15, -0.1) is 0 Å². The summed E-state index contributed by atoms with van der Waals surface area (Å²) >= 11 is 0. The molecule has 0 saturated heterocycles. The third kappa shape index (κ3) is 4.88. The van der Waals surface area contributed by atoms with Crippen LogP contribution in [0.15, 0.2) is 30.3 Å². The van der Waals surface area contributed by atoms with Crippen molar-refractivity contribution in [3.8, 4) is 0 Å². The Labute approximate surface area is 119 Å². The molecule has 0 spiro atoms. The summed E-state index contributed by atoms with van der Waals surface area (Å²) in [5.41, 5.74) is 2.14. The Kier molecular flexibility index (Phi) is 5.97. The van der Waals surface area contributed by atoms with Crippen LogP contribution in [0, 0.1) is 5.92 Å². The molecule has 0 aromatic heterocycles. The standard InChI is InChI=1S/C16H21NO3/c1-4-12-5-7-13(8-6-12)9-10-14(18)17-15(11(2)3)16(19)20/h5-11,15H,4H2,1-3H3,(H,17,18)(H,19,20)/t15-/m1/s1. The normalized spacial score (nSPS) is 12.6. The number of benzene rings is 1. The maximum atomic E-state index is 11.7. The molecule has 2 N–H and O–H groups in total. The highest BCUT2D eigenvalue weighted by Gasteiger charge is 2.22. The van der Waals surface area contributed by atoms with Gasteiger partial charge in [0.1, 0.15) is 6.04 Å². The number of amides is 1. The van der Waals surface area contributed by atoms with Gasteiger partial charge in [0, 0.05) is 6.08 Å². The molecular formula is C16H21NO3. The average molecular weight is 275 g/mol. The maximum absolute atomic E-state index is 11.7. The van der Waals surface area contributed by atoms with Crippen molar-refractivity contribution in [2.24, 2.45) is 5.92 Å². The fraction of sp³-hybridized carbons (Fsp3) is 0.375. The highest BCUT2D eigenvalue weighted by Crippen LogP contribution is 2.07. The van der Waals surface area contributed by atoms with Gasteiger partial charge in [-0.2, -0.15) is 0 Å². The van der Waals surface area contributed by atoms with Gasteiger partial charge in [0.05, 0.1) is 0 Å². The topological polar surface area (TPSA) is 66.4 Å². The molecule has 1 rings (SSSR count). The van der Waals surface area contributed by atoms with Crippen LogP contribution in [-0.2, 0) is 16.0 Å². The van der Waals surface area contributed by atoms with Gasteiger partial charge in [-0.05, 0) is 29.5 Å². The second-order valence-corrected chi connectivity index (χ2v) is 5.00. The maximum Gasteiger partial charge on any atom is 0.326 e. The largest absolute Gasteiger partial charge is 0.480 e. The third-order valence-electron chi connectivity index (χ3n) is 3.05. The number of rotatable bonds is 6. The lowest BCUT2D eigenvalue weighted by Gasteiger charge is -2.16. The first-order chi connectivity index (χ1) is 9.43. The number of carbonyl (C=O) groups excluding carboxylic acids is 1. The molecule has 0 aliphatic rings. The second kappa shape index (κ2) is 7.48. The first kappa shape index (κ1) is 16.0. The Bertz CT molecular complexity index is 489. The van der Waals surface area contributed by atoms with Crippen molar-refractivity contribution in [2.45, 2.75) is 33.2 Å². The van der Waals surface area contributed by atoms with Crippen LogP contribution in [0.4, 0.5) is 0 Å². The van der Waals surface area contributed by atoms with Crippen molar-refractivity contribution in [1.82, 2.24) is 5.32 Å². The predicted molar refractivity (Wildman–Crippen MR) is 79.3 cm³/mol. The monoisotopic (exact) mass is 275 g/mol. The second-order valence-electron chi connectivity index (χ2n) is 5.00. The molecule has 108 valence electrons. The van der Waals surface area contributed by atoms with Gasteiger partial charge < -0.3 is 10.4 Å². The number of carbonyl (C=O) groups is 2. The summed E-state index contributed by atoms with van der Waals surface area (Å²) in [7, 11) is 0. The van der Waals surface area contributed by atoms with Crippen LogP contribution in [0.25, 0.3) is 6.08 Å². The van der Waals surface area contributed by atoms with Gasteiger partial charge in [0.25, 0.3) is 0 Å². The lowest BCUT2D eigenvalue weighted by atomic mass is 10.0. The smallest absolute Gasteiger partial charge is 0.326 e. The first-order valence-electron chi connectivity index (χ1n) is 6.74. The zero-order chi connectivity index (χ0) is 15.1. The molecule has 0 fully saturated rings. The van der Waals surface area contributed by atoms with E-state index in [0.29, 0.717) is 0 Å². The van der Waals surface area contributed by atoms with Crippen LogP contribution in [0.2, 0.25) is 0 Å². The zero-order valence-electron chi connectivity index (χ0n) is 12.1. The first-order valence-corrected chi connectivity index (χ1v) is 6.74. The average Bonchev–Trinajstić information content (AvgIpc) is 2.42. The molecule has 0 aliphatic heterocycles. The third-order valence-corrected chi connectivity index (χ3v) is 3.05. The molecule has 1 aromatic carbocycles. The van der Waals surface area contributed by atoms with E-state index in [2.05, 4.69) is 12.2 Å². The Morgan fingerprint density at radius 3 is 2.30 bits per heavy atom. The number of carboxylic acid groups (broad SMARTS) is 1. The van der Waals surface area contributed by atoms with E-state index in [1.807, 2.05) is 24.3 Å². The summed E-state index contributed by atoms with van der Waals surface area (Å²) in [5, 5.41) is 11.5. The van der Waals surface area contributed by atoms with Gasteiger partial charge in [-0.1, -0.05) is 45.0 Å². The SMILES string of the molecule is CCc1ccc(C=CC(=O)N[C@@H](C(=O)O)C(C)C)cc1. The van der Waals surface area contributed by atoms with E-state index in [1.54, 1.807) is 19.9 Å². The van der Waals surface area contributed by atoms with Crippen molar-refractivity contribution in [2.75, 3.05) is 0 Å². The molecule has 0 bridgehead atoms. The molecular weight excluding hydrogens is 254 g/mol. The number of carboxylic acids is 1. The quantitative estimate of drug-likeness (QED) is 0.784. The summed E-state index contributed by atoms with van der Waals surface area (Å²) in [6.45, 7) is 5.59. The van der Waals surface area contributed by atoms with E-state index in [4.69, 9.17) is 5.11 Å². The molecule has 4 heteroatoms. The van der Waals surface area contributed by atoms with Crippen molar-refractivity contribution < 1.29 is 14.7 Å². The zero-order valence-corrected chi connectivity index (χ0v) is 12.1. The van der Waals surface area contributed by atoms with Crippen LogP contribution < -0.4 is 5.32 Å². The molecule has 20 heavy (non-hydrogen) atoms. The van der Waals surface area contributed by atoms with Gasteiger partial charge in [-0.25, -0.2) is 4.79 Å². The number of nitrogens with one attached hydrogen (secondary N) is 1. The van der Waals surface area contributed by atoms with Crippen LogP contribution in [0.3, 0.4) is 0 Å². The summed E-state index contributed by atoms with van der Waals surface area (Å²) in [6.07, 6.45) is 4.01. The molecule has 1 amide bonds. The number of hydrogen-bond donors (Lipinski definition) is 2. The fourth-order valence-electron chi connectivity index (χ4n) is 1.75. The predicted octanol–water partition coefficient (Wildman–Crippen LogP) is 2.49. The summed E-state index contributed by atoms with van der Waals surface area (Å²) in [6, 6.07) is 7.01. The molecule has 1 atom stereocenters. The Balaban J connectivity index is 2.64. The number of aliphatic carboxylic acids is 1. The Morgan fingerprint density at radius 1 is 1.25 bits per heavy atom. The molecule has 1 aromatic rings. The molecule has 4 nitrogen and oxygen atoms in total. The Hall–Kier alpha value is -2.10. The Morgan fingerprint density at radius 2 is 1.85 bits per heavy atom. The summed E-state index contributed by atoms with van der Waals surface area (Å²) < 4.78 is 0. The molecule has 0 aliphatic carbocycles. The van der Waals surface area contributed by atoms with E-state index < -0.39 is 17.9 Å². The van der Waals surface area contributed by atoms with Crippen molar-refractivity contribution in [3.63, 3.8) is 0 Å². The van der Waals surface area contributed by atoms with E-state index >= 15 is 0 Å². The highest BCUT2D eigenvalue weighted by atomic mass is 16.4. The van der Waals surface area contributed by atoms with Crippen LogP contribution in [0.1, 0.15) is 31.9 Å². The van der Waals surface area contributed by atoms with Crippen LogP contribution in [-0.4, -0.2) is 23.0 Å². The van der Waals surface area contributed by atoms with Gasteiger partial charge >= 0.3 is 5.97 Å². The van der Waals surface area contributed by atoms with Crippen LogP contribution >= 0.6 is 0 Å². The molecule has 0 radical (unpaired) electrons. The molecule has 0 unspecified atom stereocenters. The van der Waals surface area contributed by atoms with Gasteiger partial charge in [0.2, 0.25) is 5.91 Å². The van der Waals surface area contributed by atoms with Gasteiger partial charge in [0.15, 0.2) is 0 Å². The molecule has 0 saturated carbocycles. The minimum Gasteiger partial charge on any atom is -0.480 e.